The average molecular weight is 371 g/mol. The minimum absolute atomic E-state index is 0.471. The van der Waals surface area contributed by atoms with E-state index in [4.69, 9.17) is 4.42 Å². The van der Waals surface area contributed by atoms with Crippen LogP contribution in [0.4, 0.5) is 0 Å². The maximum absolute atomic E-state index is 5.83. The first kappa shape index (κ1) is 16.7. The van der Waals surface area contributed by atoms with Crippen molar-refractivity contribution in [2.75, 3.05) is 7.05 Å². The Morgan fingerprint density at radius 3 is 2.71 bits per heavy atom. The molecule has 0 atom stereocenters. The Morgan fingerprint density at radius 1 is 1.33 bits per heavy atom. The van der Waals surface area contributed by atoms with Crippen LogP contribution in [0.1, 0.15) is 35.8 Å². The molecule has 0 spiro atoms. The van der Waals surface area contributed by atoms with E-state index in [1.165, 1.54) is 10.4 Å². The molecule has 5 heteroatoms. The third-order valence-electron chi connectivity index (χ3n) is 3.24. The van der Waals surface area contributed by atoms with Gasteiger partial charge < -0.3 is 9.73 Å². The Kier molecular flexibility index (Phi) is 6.05. The predicted octanol–water partition coefficient (Wildman–Crippen LogP) is 4.54. The molecular weight excluding hydrogens is 348 g/mol. The van der Waals surface area contributed by atoms with Gasteiger partial charge in [-0.1, -0.05) is 13.8 Å². The van der Waals surface area contributed by atoms with Gasteiger partial charge in [-0.2, -0.15) is 0 Å². The van der Waals surface area contributed by atoms with Gasteiger partial charge in [0, 0.05) is 39.4 Å². The fourth-order valence-electron chi connectivity index (χ4n) is 2.19. The Hall–Kier alpha value is -0.620. The van der Waals surface area contributed by atoms with Gasteiger partial charge >= 0.3 is 0 Å². The number of thiophene rings is 1. The van der Waals surface area contributed by atoms with E-state index < -0.39 is 0 Å². The van der Waals surface area contributed by atoms with Gasteiger partial charge in [0.15, 0.2) is 0 Å². The molecule has 3 nitrogen and oxygen atoms in total. The molecule has 21 heavy (non-hydrogen) atoms. The number of furan rings is 1. The summed E-state index contributed by atoms with van der Waals surface area (Å²) in [6.07, 6.45) is 0. The Morgan fingerprint density at radius 2 is 2.10 bits per heavy atom. The topological polar surface area (TPSA) is 28.4 Å². The number of aryl methyl sites for hydroxylation is 1. The quantitative estimate of drug-likeness (QED) is 0.775. The van der Waals surface area contributed by atoms with Crippen molar-refractivity contribution in [3.8, 4) is 0 Å². The number of halogens is 1. The van der Waals surface area contributed by atoms with Crippen molar-refractivity contribution in [3.05, 3.63) is 43.9 Å². The van der Waals surface area contributed by atoms with Crippen LogP contribution in [-0.2, 0) is 19.6 Å². The SMILES string of the molecule is Cc1oc(CNC(C)C)cc1CN(C)Cc1cc(Br)cs1. The molecule has 2 aromatic rings. The molecule has 0 aliphatic carbocycles. The van der Waals surface area contributed by atoms with Crippen molar-refractivity contribution in [3.63, 3.8) is 0 Å². The molecule has 2 heterocycles. The highest BCUT2D eigenvalue weighted by atomic mass is 79.9. The second-order valence-corrected chi connectivity index (χ2v) is 7.64. The van der Waals surface area contributed by atoms with Crippen LogP contribution in [0.2, 0.25) is 0 Å². The third-order valence-corrected chi connectivity index (χ3v) is 4.93. The summed E-state index contributed by atoms with van der Waals surface area (Å²) in [6, 6.07) is 4.83. The normalized spacial score (nSPS) is 11.8. The summed E-state index contributed by atoms with van der Waals surface area (Å²) < 4.78 is 6.99. The van der Waals surface area contributed by atoms with Crippen molar-refractivity contribution in [1.29, 1.82) is 0 Å². The highest BCUT2D eigenvalue weighted by molar-refractivity contribution is 9.10. The van der Waals surface area contributed by atoms with Crippen LogP contribution < -0.4 is 5.32 Å². The molecule has 0 aliphatic heterocycles. The Balaban J connectivity index is 1.92. The van der Waals surface area contributed by atoms with Gasteiger partial charge in [-0.15, -0.1) is 11.3 Å². The van der Waals surface area contributed by atoms with Gasteiger partial charge in [-0.3, -0.25) is 4.90 Å². The molecule has 0 aliphatic rings. The molecule has 0 bridgehead atoms. The van der Waals surface area contributed by atoms with Gasteiger partial charge in [0.1, 0.15) is 11.5 Å². The lowest BCUT2D eigenvalue weighted by Crippen LogP contribution is -2.21. The summed E-state index contributed by atoms with van der Waals surface area (Å²) in [7, 11) is 2.14. The van der Waals surface area contributed by atoms with Crippen molar-refractivity contribution in [1.82, 2.24) is 10.2 Å². The number of hydrogen-bond donors (Lipinski definition) is 1. The van der Waals surface area contributed by atoms with Crippen LogP contribution in [0, 0.1) is 6.92 Å². The number of nitrogens with one attached hydrogen (secondary N) is 1. The summed E-state index contributed by atoms with van der Waals surface area (Å²) in [5.41, 5.74) is 1.27. The highest BCUT2D eigenvalue weighted by Crippen LogP contribution is 2.22. The fraction of sp³-hybridized carbons (Fsp3) is 0.500. The lowest BCUT2D eigenvalue weighted by molar-refractivity contribution is 0.319. The molecule has 0 saturated carbocycles. The average Bonchev–Trinajstić information content (AvgIpc) is 2.94. The maximum Gasteiger partial charge on any atom is 0.118 e. The molecule has 0 saturated heterocycles. The first-order chi connectivity index (χ1) is 9.94. The zero-order valence-electron chi connectivity index (χ0n) is 13.1. The van der Waals surface area contributed by atoms with E-state index in [0.29, 0.717) is 6.04 Å². The van der Waals surface area contributed by atoms with Crippen molar-refractivity contribution < 1.29 is 4.42 Å². The van der Waals surface area contributed by atoms with E-state index in [-0.39, 0.29) is 0 Å². The zero-order chi connectivity index (χ0) is 15.4. The van der Waals surface area contributed by atoms with Gasteiger partial charge in [-0.05, 0) is 42.0 Å². The smallest absolute Gasteiger partial charge is 0.118 e. The zero-order valence-corrected chi connectivity index (χ0v) is 15.5. The molecule has 0 radical (unpaired) electrons. The molecule has 0 fully saturated rings. The first-order valence-corrected chi connectivity index (χ1v) is 8.84. The van der Waals surface area contributed by atoms with Crippen LogP contribution >= 0.6 is 27.3 Å². The number of rotatable bonds is 7. The molecule has 1 N–H and O–H groups in total. The molecule has 0 amide bonds. The van der Waals surface area contributed by atoms with E-state index in [9.17, 15) is 0 Å². The lowest BCUT2D eigenvalue weighted by atomic mass is 10.2. The predicted molar refractivity (Wildman–Crippen MR) is 92.6 cm³/mol. The number of hydrogen-bond acceptors (Lipinski definition) is 4. The molecule has 0 aromatic carbocycles. The minimum atomic E-state index is 0.471. The lowest BCUT2D eigenvalue weighted by Gasteiger charge is -2.14. The third kappa shape index (κ3) is 5.25. The van der Waals surface area contributed by atoms with E-state index in [2.05, 4.69) is 64.6 Å². The fourth-order valence-corrected chi connectivity index (χ4v) is 3.72. The summed E-state index contributed by atoms with van der Waals surface area (Å²) in [6.45, 7) is 8.99. The van der Waals surface area contributed by atoms with Crippen LogP contribution in [0.15, 0.2) is 26.4 Å². The van der Waals surface area contributed by atoms with Gasteiger partial charge in [0.25, 0.3) is 0 Å². The van der Waals surface area contributed by atoms with Gasteiger partial charge in [-0.25, -0.2) is 0 Å². The standard InChI is InChI=1S/C16H23BrN2OS/c1-11(2)18-7-15-5-13(12(3)20-15)8-19(4)9-16-6-14(17)10-21-16/h5-6,10-11,18H,7-9H2,1-4H3. The Bertz CT molecular complexity index is 577. The van der Waals surface area contributed by atoms with E-state index in [1.54, 1.807) is 11.3 Å². The highest BCUT2D eigenvalue weighted by Gasteiger charge is 2.11. The minimum Gasteiger partial charge on any atom is -0.465 e. The molecule has 2 aromatic heterocycles. The van der Waals surface area contributed by atoms with Crippen LogP contribution in [0.5, 0.6) is 0 Å². The summed E-state index contributed by atoms with van der Waals surface area (Å²) in [5, 5.41) is 5.51. The summed E-state index contributed by atoms with van der Waals surface area (Å²) in [5.74, 6) is 2.04. The van der Waals surface area contributed by atoms with Crippen LogP contribution in [0.3, 0.4) is 0 Å². The van der Waals surface area contributed by atoms with Gasteiger partial charge in [0.05, 0.1) is 6.54 Å². The summed E-state index contributed by atoms with van der Waals surface area (Å²) in [4.78, 5) is 3.68. The molecular formula is C16H23BrN2OS. The van der Waals surface area contributed by atoms with Crippen molar-refractivity contribution in [2.24, 2.45) is 0 Å². The van der Waals surface area contributed by atoms with Gasteiger partial charge in [0.2, 0.25) is 0 Å². The van der Waals surface area contributed by atoms with Crippen LogP contribution in [0.25, 0.3) is 0 Å². The summed E-state index contributed by atoms with van der Waals surface area (Å²) >= 11 is 5.29. The number of nitrogens with zero attached hydrogens (tertiary/aromatic N) is 1. The largest absolute Gasteiger partial charge is 0.465 e. The molecule has 116 valence electrons. The van der Waals surface area contributed by atoms with Crippen LogP contribution in [-0.4, -0.2) is 18.0 Å². The monoisotopic (exact) mass is 370 g/mol. The van der Waals surface area contributed by atoms with E-state index in [0.717, 1.165) is 35.6 Å². The first-order valence-electron chi connectivity index (χ1n) is 7.17. The second-order valence-electron chi connectivity index (χ2n) is 5.73. The van der Waals surface area contributed by atoms with Crippen molar-refractivity contribution >= 4 is 27.3 Å². The second kappa shape index (κ2) is 7.58. The Labute approximate surface area is 139 Å². The van der Waals surface area contributed by atoms with E-state index in [1.807, 2.05) is 6.92 Å². The maximum atomic E-state index is 5.83. The van der Waals surface area contributed by atoms with E-state index >= 15 is 0 Å². The van der Waals surface area contributed by atoms with Crippen molar-refractivity contribution in [2.45, 2.75) is 46.4 Å². The molecule has 2 rings (SSSR count). The molecule has 0 unspecified atom stereocenters.